The van der Waals surface area contributed by atoms with Crippen LogP contribution in [0.2, 0.25) is 0 Å². The lowest BCUT2D eigenvalue weighted by Crippen LogP contribution is -2.40. The van der Waals surface area contributed by atoms with Gasteiger partial charge in [0.05, 0.1) is 11.6 Å². The van der Waals surface area contributed by atoms with E-state index in [-0.39, 0.29) is 12.3 Å². The number of para-hydroxylation sites is 1. The molecule has 1 amide bonds. The number of nitrogens with one attached hydrogen (secondary N) is 2. The minimum atomic E-state index is -0.506. The maximum absolute atomic E-state index is 11.5. The van der Waals surface area contributed by atoms with Gasteiger partial charge < -0.3 is 10.3 Å². The van der Waals surface area contributed by atoms with E-state index in [0.29, 0.717) is 0 Å². The van der Waals surface area contributed by atoms with E-state index < -0.39 is 5.54 Å². The molecule has 0 saturated carbocycles. The molecule has 1 aromatic carbocycles. The third-order valence-electron chi connectivity index (χ3n) is 2.95. The molecule has 0 atom stereocenters. The van der Waals surface area contributed by atoms with E-state index in [0.717, 1.165) is 16.5 Å². The highest BCUT2D eigenvalue weighted by molar-refractivity contribution is 5.85. The molecule has 2 aromatic rings. The van der Waals surface area contributed by atoms with E-state index in [1.807, 2.05) is 50.4 Å². The number of nitrogens with zero attached hydrogens (tertiary/aromatic N) is 1. The van der Waals surface area contributed by atoms with Gasteiger partial charge in [0.15, 0.2) is 0 Å². The number of nitriles is 1. The minimum absolute atomic E-state index is 0.119. The molecule has 0 unspecified atom stereocenters. The number of aromatic amines is 1. The van der Waals surface area contributed by atoms with E-state index in [1.165, 1.54) is 0 Å². The van der Waals surface area contributed by atoms with Crippen molar-refractivity contribution >= 4 is 16.8 Å². The van der Waals surface area contributed by atoms with Gasteiger partial charge in [-0.25, -0.2) is 0 Å². The van der Waals surface area contributed by atoms with Crippen LogP contribution in [-0.4, -0.2) is 10.9 Å². The van der Waals surface area contributed by atoms with Gasteiger partial charge in [0, 0.05) is 22.7 Å². The Hall–Kier alpha value is -2.28. The minimum Gasteiger partial charge on any atom is -0.361 e. The number of rotatable bonds is 3. The molecule has 0 radical (unpaired) electrons. The Balaban J connectivity index is 2.35. The lowest BCUT2D eigenvalue weighted by Gasteiger charge is -2.25. The number of carbonyl (C=O) groups is 1. The highest BCUT2D eigenvalue weighted by Crippen LogP contribution is 2.28. The van der Waals surface area contributed by atoms with Crippen molar-refractivity contribution in [3.05, 3.63) is 36.0 Å². The summed E-state index contributed by atoms with van der Waals surface area (Å²) in [5.41, 5.74) is 1.55. The van der Waals surface area contributed by atoms with Crippen molar-refractivity contribution in [3.63, 3.8) is 0 Å². The molecule has 0 aliphatic heterocycles. The van der Waals surface area contributed by atoms with Crippen LogP contribution in [0.3, 0.4) is 0 Å². The number of fused-ring (bicyclic) bond motifs is 1. The normalized spacial score (nSPS) is 11.2. The van der Waals surface area contributed by atoms with Crippen molar-refractivity contribution in [3.8, 4) is 6.07 Å². The average molecular weight is 241 g/mol. The van der Waals surface area contributed by atoms with Crippen molar-refractivity contribution in [2.45, 2.75) is 25.8 Å². The van der Waals surface area contributed by atoms with Gasteiger partial charge in [-0.05, 0) is 19.9 Å². The predicted octanol–water partition coefficient (Wildman–Crippen LogP) is 2.43. The highest BCUT2D eigenvalue weighted by Gasteiger charge is 2.25. The number of hydrogen-bond donors (Lipinski definition) is 2. The Morgan fingerprint density at radius 2 is 2.17 bits per heavy atom. The maximum Gasteiger partial charge on any atom is 0.234 e. The summed E-state index contributed by atoms with van der Waals surface area (Å²) in [6.45, 7) is 3.86. The summed E-state index contributed by atoms with van der Waals surface area (Å²) < 4.78 is 0. The Labute approximate surface area is 106 Å². The van der Waals surface area contributed by atoms with E-state index >= 15 is 0 Å². The van der Waals surface area contributed by atoms with E-state index in [1.54, 1.807) is 0 Å². The lowest BCUT2D eigenvalue weighted by molar-refractivity contribution is -0.121. The van der Waals surface area contributed by atoms with Crippen LogP contribution in [-0.2, 0) is 10.3 Å². The summed E-state index contributed by atoms with van der Waals surface area (Å²) in [6, 6.07) is 9.79. The average Bonchev–Trinajstić information content (AvgIpc) is 2.72. The summed E-state index contributed by atoms with van der Waals surface area (Å²) in [4.78, 5) is 14.7. The van der Waals surface area contributed by atoms with Gasteiger partial charge in [-0.2, -0.15) is 5.26 Å². The molecule has 1 heterocycles. The number of carbonyl (C=O) groups excluding carboxylic acids is 1. The van der Waals surface area contributed by atoms with Crippen LogP contribution in [0.15, 0.2) is 30.5 Å². The molecule has 0 aliphatic carbocycles. The third-order valence-corrected chi connectivity index (χ3v) is 2.95. The Morgan fingerprint density at radius 3 is 2.89 bits per heavy atom. The van der Waals surface area contributed by atoms with Crippen LogP contribution in [0.4, 0.5) is 0 Å². The van der Waals surface area contributed by atoms with Gasteiger partial charge in [0.1, 0.15) is 6.42 Å². The second kappa shape index (κ2) is 4.53. The molecule has 2 N–H and O–H groups in total. The topological polar surface area (TPSA) is 68.7 Å². The van der Waals surface area contributed by atoms with Gasteiger partial charge >= 0.3 is 0 Å². The van der Waals surface area contributed by atoms with Gasteiger partial charge in [0.2, 0.25) is 5.91 Å². The zero-order chi connectivity index (χ0) is 13.2. The predicted molar refractivity (Wildman–Crippen MR) is 69.7 cm³/mol. The van der Waals surface area contributed by atoms with E-state index in [2.05, 4.69) is 10.3 Å². The van der Waals surface area contributed by atoms with Crippen LogP contribution in [0.5, 0.6) is 0 Å². The maximum atomic E-state index is 11.5. The summed E-state index contributed by atoms with van der Waals surface area (Å²) in [7, 11) is 0. The molecule has 4 nitrogen and oxygen atoms in total. The van der Waals surface area contributed by atoms with Crippen LogP contribution < -0.4 is 5.32 Å². The van der Waals surface area contributed by atoms with Gasteiger partial charge in [-0.1, -0.05) is 18.2 Å². The number of amides is 1. The molecule has 2 rings (SSSR count). The van der Waals surface area contributed by atoms with E-state index in [9.17, 15) is 4.79 Å². The molecule has 0 bridgehead atoms. The molecule has 1 aromatic heterocycles. The van der Waals surface area contributed by atoms with Crippen molar-refractivity contribution in [2.24, 2.45) is 0 Å². The first-order valence-corrected chi connectivity index (χ1v) is 5.79. The molecular weight excluding hydrogens is 226 g/mol. The molecule has 92 valence electrons. The number of aromatic nitrogens is 1. The first-order chi connectivity index (χ1) is 8.54. The quantitative estimate of drug-likeness (QED) is 0.866. The zero-order valence-corrected chi connectivity index (χ0v) is 10.4. The zero-order valence-electron chi connectivity index (χ0n) is 10.4. The second-order valence-corrected chi connectivity index (χ2v) is 4.76. The second-order valence-electron chi connectivity index (χ2n) is 4.76. The smallest absolute Gasteiger partial charge is 0.234 e. The van der Waals surface area contributed by atoms with Crippen molar-refractivity contribution in [2.75, 3.05) is 0 Å². The first kappa shape index (κ1) is 12.2. The molecular formula is C14H15N3O. The molecule has 0 saturated heterocycles. The fourth-order valence-electron chi connectivity index (χ4n) is 2.12. The van der Waals surface area contributed by atoms with Crippen LogP contribution >= 0.6 is 0 Å². The van der Waals surface area contributed by atoms with Crippen molar-refractivity contribution in [1.29, 1.82) is 5.26 Å². The van der Waals surface area contributed by atoms with E-state index in [4.69, 9.17) is 5.26 Å². The monoisotopic (exact) mass is 241 g/mol. The first-order valence-electron chi connectivity index (χ1n) is 5.79. The fourth-order valence-corrected chi connectivity index (χ4v) is 2.12. The summed E-state index contributed by atoms with van der Waals surface area (Å²) >= 11 is 0. The standard InChI is InChI=1S/C14H15N3O/c1-14(2,17-13(18)7-8-15)11-9-16-12-6-4-3-5-10(11)12/h3-6,9,16H,7H2,1-2H3,(H,17,18). The SMILES string of the molecule is CC(C)(NC(=O)CC#N)c1c[nH]c2ccccc12. The van der Waals surface area contributed by atoms with Gasteiger partial charge in [-0.3, -0.25) is 4.79 Å². The largest absolute Gasteiger partial charge is 0.361 e. The number of benzene rings is 1. The summed E-state index contributed by atoms with van der Waals surface area (Å²) in [6.07, 6.45) is 1.78. The highest BCUT2D eigenvalue weighted by atomic mass is 16.1. The third kappa shape index (κ3) is 2.21. The molecule has 4 heteroatoms. The van der Waals surface area contributed by atoms with Crippen LogP contribution in [0.1, 0.15) is 25.8 Å². The van der Waals surface area contributed by atoms with Crippen molar-refractivity contribution < 1.29 is 4.79 Å². The Bertz CT molecular complexity index is 619. The Morgan fingerprint density at radius 1 is 1.44 bits per heavy atom. The van der Waals surface area contributed by atoms with Crippen LogP contribution in [0.25, 0.3) is 10.9 Å². The molecule has 0 spiro atoms. The number of H-pyrrole nitrogens is 1. The Kier molecular flexibility index (Phi) is 3.07. The number of hydrogen-bond acceptors (Lipinski definition) is 2. The lowest BCUT2D eigenvalue weighted by atomic mass is 9.93. The van der Waals surface area contributed by atoms with Gasteiger partial charge in [0.25, 0.3) is 0 Å². The molecule has 18 heavy (non-hydrogen) atoms. The molecule has 0 fully saturated rings. The molecule has 0 aliphatic rings. The van der Waals surface area contributed by atoms with Crippen molar-refractivity contribution in [1.82, 2.24) is 10.3 Å². The fraction of sp³-hybridized carbons (Fsp3) is 0.286. The van der Waals surface area contributed by atoms with Crippen LogP contribution in [0, 0.1) is 11.3 Å². The van der Waals surface area contributed by atoms with Gasteiger partial charge in [-0.15, -0.1) is 0 Å². The summed E-state index contributed by atoms with van der Waals surface area (Å²) in [5.74, 6) is -0.257. The summed E-state index contributed by atoms with van der Waals surface area (Å²) in [5, 5.41) is 12.5.